The second-order valence-electron chi connectivity index (χ2n) is 5.30. The van der Waals surface area contributed by atoms with Gasteiger partial charge in [-0.1, -0.05) is 41.9 Å². The third-order valence-corrected chi connectivity index (χ3v) is 3.65. The zero-order chi connectivity index (χ0) is 18.2. The Hall–Kier alpha value is -3.12. The third kappa shape index (κ3) is 4.94. The summed E-state index contributed by atoms with van der Waals surface area (Å²) in [7, 11) is 1.61. The minimum atomic E-state index is 0.329. The van der Waals surface area contributed by atoms with Crippen molar-refractivity contribution in [3.63, 3.8) is 0 Å². The molecule has 26 heavy (non-hydrogen) atoms. The first kappa shape index (κ1) is 17.7. The van der Waals surface area contributed by atoms with Crippen LogP contribution >= 0.6 is 11.6 Å². The van der Waals surface area contributed by atoms with Gasteiger partial charge in [-0.2, -0.15) is 5.10 Å². The summed E-state index contributed by atoms with van der Waals surface area (Å²) in [6.07, 6.45) is 1.66. The molecule has 0 saturated carbocycles. The minimum Gasteiger partial charge on any atom is -0.493 e. The van der Waals surface area contributed by atoms with Crippen LogP contribution in [0.4, 0.5) is 5.82 Å². The van der Waals surface area contributed by atoms with E-state index in [1.807, 2.05) is 48.5 Å². The Kier molecular flexibility index (Phi) is 6.01. The van der Waals surface area contributed by atoms with E-state index >= 15 is 0 Å². The van der Waals surface area contributed by atoms with Gasteiger partial charge in [0, 0.05) is 0 Å². The summed E-state index contributed by atoms with van der Waals surface area (Å²) < 4.78 is 11.2. The summed E-state index contributed by atoms with van der Waals surface area (Å²) in [5, 5.41) is 12.1. The highest BCUT2D eigenvalue weighted by Crippen LogP contribution is 2.28. The highest BCUT2D eigenvalue weighted by atomic mass is 35.5. The van der Waals surface area contributed by atoms with Crippen molar-refractivity contribution in [3.8, 4) is 11.5 Å². The molecule has 7 heteroatoms. The quantitative estimate of drug-likeness (QED) is 0.501. The molecule has 1 N–H and O–H groups in total. The van der Waals surface area contributed by atoms with Crippen molar-refractivity contribution in [2.24, 2.45) is 5.10 Å². The molecule has 3 rings (SSSR count). The van der Waals surface area contributed by atoms with Gasteiger partial charge in [0.05, 0.1) is 13.3 Å². The zero-order valence-electron chi connectivity index (χ0n) is 14.1. The lowest BCUT2D eigenvalue weighted by Gasteiger charge is -2.11. The van der Waals surface area contributed by atoms with Crippen LogP contribution in [-0.2, 0) is 6.61 Å². The van der Waals surface area contributed by atoms with Gasteiger partial charge in [-0.05, 0) is 41.5 Å². The Morgan fingerprint density at radius 2 is 1.88 bits per heavy atom. The average molecular weight is 369 g/mol. The summed E-state index contributed by atoms with van der Waals surface area (Å²) >= 11 is 5.70. The number of methoxy groups -OCH3 is 1. The fraction of sp³-hybridized carbons (Fsp3) is 0.105. The summed E-state index contributed by atoms with van der Waals surface area (Å²) in [5.41, 5.74) is 4.72. The van der Waals surface area contributed by atoms with Gasteiger partial charge in [0.1, 0.15) is 6.61 Å². The van der Waals surface area contributed by atoms with Gasteiger partial charge < -0.3 is 9.47 Å². The molecule has 0 amide bonds. The summed E-state index contributed by atoms with van der Waals surface area (Å²) in [6.45, 7) is 0.455. The number of rotatable bonds is 7. The van der Waals surface area contributed by atoms with E-state index in [9.17, 15) is 0 Å². The van der Waals surface area contributed by atoms with Crippen molar-refractivity contribution in [1.82, 2.24) is 10.2 Å². The van der Waals surface area contributed by atoms with Crippen molar-refractivity contribution in [1.29, 1.82) is 0 Å². The van der Waals surface area contributed by atoms with Crippen molar-refractivity contribution in [3.05, 3.63) is 76.9 Å². The van der Waals surface area contributed by atoms with E-state index in [0.717, 1.165) is 11.1 Å². The number of benzene rings is 2. The van der Waals surface area contributed by atoms with Crippen molar-refractivity contribution in [2.45, 2.75) is 6.61 Å². The van der Waals surface area contributed by atoms with Crippen molar-refractivity contribution in [2.75, 3.05) is 12.5 Å². The van der Waals surface area contributed by atoms with Crippen LogP contribution in [0.3, 0.4) is 0 Å². The van der Waals surface area contributed by atoms with Crippen LogP contribution in [0.25, 0.3) is 0 Å². The number of anilines is 1. The summed E-state index contributed by atoms with van der Waals surface area (Å²) in [4.78, 5) is 0. The van der Waals surface area contributed by atoms with E-state index in [-0.39, 0.29) is 0 Å². The molecule has 0 bridgehead atoms. The zero-order valence-corrected chi connectivity index (χ0v) is 14.8. The highest BCUT2D eigenvalue weighted by molar-refractivity contribution is 6.29. The molecule has 0 fully saturated rings. The van der Waals surface area contributed by atoms with Crippen molar-refractivity contribution < 1.29 is 9.47 Å². The van der Waals surface area contributed by atoms with Crippen LogP contribution < -0.4 is 14.9 Å². The number of hydrogen-bond acceptors (Lipinski definition) is 6. The Labute approximate surface area is 156 Å². The summed E-state index contributed by atoms with van der Waals surface area (Å²) in [5.74, 6) is 1.81. The Morgan fingerprint density at radius 1 is 1.04 bits per heavy atom. The van der Waals surface area contributed by atoms with Crippen LogP contribution in [0.15, 0.2) is 65.8 Å². The predicted octanol–water partition coefficient (Wildman–Crippen LogP) is 4.16. The maximum atomic E-state index is 5.89. The topological polar surface area (TPSA) is 68.6 Å². The molecular weight excluding hydrogens is 352 g/mol. The monoisotopic (exact) mass is 368 g/mol. The highest BCUT2D eigenvalue weighted by Gasteiger charge is 2.05. The van der Waals surface area contributed by atoms with Gasteiger partial charge in [-0.25, -0.2) is 0 Å². The van der Waals surface area contributed by atoms with E-state index < -0.39 is 0 Å². The average Bonchev–Trinajstić information content (AvgIpc) is 2.69. The standard InChI is InChI=1S/C19H17ClN4O2/c1-25-16-8-7-15(12-21-23-19-10-9-18(20)22-24-19)11-17(16)26-13-14-5-3-2-4-6-14/h2-12H,13H2,1H3,(H,23,24)/b21-12+. The fourth-order valence-electron chi connectivity index (χ4n) is 2.17. The molecule has 2 aromatic carbocycles. The number of halogens is 1. The lowest BCUT2D eigenvalue weighted by molar-refractivity contribution is 0.284. The van der Waals surface area contributed by atoms with Gasteiger partial charge in [0.25, 0.3) is 0 Å². The number of nitrogens with zero attached hydrogens (tertiary/aromatic N) is 3. The summed E-state index contributed by atoms with van der Waals surface area (Å²) in [6, 6.07) is 18.8. The molecule has 0 radical (unpaired) electrons. The SMILES string of the molecule is COc1ccc(/C=N/Nc2ccc(Cl)nn2)cc1OCc1ccccc1. The van der Waals surface area contributed by atoms with Crippen LogP contribution in [0.5, 0.6) is 11.5 Å². The molecule has 1 heterocycles. The number of nitrogens with one attached hydrogen (secondary N) is 1. The van der Waals surface area contributed by atoms with Crippen LogP contribution in [0, 0.1) is 0 Å². The first-order valence-corrected chi connectivity index (χ1v) is 8.25. The van der Waals surface area contributed by atoms with Gasteiger partial charge in [-0.3, -0.25) is 5.43 Å². The Morgan fingerprint density at radius 3 is 2.62 bits per heavy atom. The smallest absolute Gasteiger partial charge is 0.168 e. The molecule has 0 unspecified atom stereocenters. The second-order valence-corrected chi connectivity index (χ2v) is 5.68. The molecule has 0 aliphatic rings. The molecule has 0 aliphatic carbocycles. The molecule has 3 aromatic rings. The number of hydrazone groups is 1. The maximum absolute atomic E-state index is 5.89. The van der Waals surface area contributed by atoms with E-state index in [2.05, 4.69) is 20.7 Å². The lowest BCUT2D eigenvalue weighted by atomic mass is 10.2. The molecule has 132 valence electrons. The van der Waals surface area contributed by atoms with Gasteiger partial charge in [0.15, 0.2) is 22.5 Å². The maximum Gasteiger partial charge on any atom is 0.168 e. The molecular formula is C19H17ClN4O2. The minimum absolute atomic E-state index is 0.329. The first-order valence-electron chi connectivity index (χ1n) is 7.87. The predicted molar refractivity (Wildman–Crippen MR) is 102 cm³/mol. The van der Waals surface area contributed by atoms with Gasteiger partial charge >= 0.3 is 0 Å². The number of aromatic nitrogens is 2. The molecule has 0 saturated heterocycles. The molecule has 0 spiro atoms. The van der Waals surface area contributed by atoms with E-state index in [4.69, 9.17) is 21.1 Å². The number of hydrogen-bond donors (Lipinski definition) is 1. The molecule has 0 atom stereocenters. The van der Waals surface area contributed by atoms with E-state index in [0.29, 0.717) is 29.1 Å². The fourth-order valence-corrected chi connectivity index (χ4v) is 2.27. The van der Waals surface area contributed by atoms with Gasteiger partial charge in [-0.15, -0.1) is 10.2 Å². The second kappa shape index (κ2) is 8.82. The number of ether oxygens (including phenoxy) is 2. The van der Waals surface area contributed by atoms with Crippen LogP contribution in [-0.4, -0.2) is 23.5 Å². The van der Waals surface area contributed by atoms with E-state index in [1.165, 1.54) is 0 Å². The van der Waals surface area contributed by atoms with Crippen molar-refractivity contribution >= 4 is 23.6 Å². The normalized spacial score (nSPS) is 10.7. The molecule has 1 aromatic heterocycles. The van der Waals surface area contributed by atoms with Crippen LogP contribution in [0.2, 0.25) is 5.15 Å². The largest absolute Gasteiger partial charge is 0.493 e. The molecule has 6 nitrogen and oxygen atoms in total. The Bertz CT molecular complexity index is 870. The van der Waals surface area contributed by atoms with Gasteiger partial charge in [0.2, 0.25) is 0 Å². The lowest BCUT2D eigenvalue weighted by Crippen LogP contribution is -1.99. The van der Waals surface area contributed by atoms with Crippen LogP contribution in [0.1, 0.15) is 11.1 Å². The third-order valence-electron chi connectivity index (χ3n) is 3.45. The van der Waals surface area contributed by atoms with E-state index in [1.54, 1.807) is 25.5 Å². The molecule has 0 aliphatic heterocycles. The Balaban J connectivity index is 1.67. The first-order chi connectivity index (χ1) is 12.7.